The third-order valence-electron chi connectivity index (χ3n) is 4.98. The summed E-state index contributed by atoms with van der Waals surface area (Å²) in [5.41, 5.74) is 1.50. The summed E-state index contributed by atoms with van der Waals surface area (Å²) in [6.07, 6.45) is 5.90. The van der Waals surface area contributed by atoms with Crippen molar-refractivity contribution in [3.05, 3.63) is 29.8 Å². The Labute approximate surface area is 145 Å². The van der Waals surface area contributed by atoms with Crippen LogP contribution < -0.4 is 15.8 Å². The largest absolute Gasteiger partial charge is 0.356 e. The molecular formula is C17H28N4O2S. The summed E-state index contributed by atoms with van der Waals surface area (Å²) in [5.74, 6) is 0.816. The molecule has 0 unspecified atom stereocenters. The maximum Gasteiger partial charge on any atom is 0.238 e. The van der Waals surface area contributed by atoms with Gasteiger partial charge >= 0.3 is 0 Å². The van der Waals surface area contributed by atoms with E-state index in [0.717, 1.165) is 31.0 Å². The fraction of sp³-hybridized carbons (Fsp3) is 0.588. The average Bonchev–Trinajstić information content (AvgIpc) is 2.52. The molecular weight excluding hydrogens is 324 g/mol. The molecule has 0 aromatic heterocycles. The van der Waals surface area contributed by atoms with Crippen LogP contribution in [0.25, 0.3) is 0 Å². The second kappa shape index (κ2) is 7.98. The van der Waals surface area contributed by atoms with E-state index in [9.17, 15) is 8.42 Å². The molecule has 6 nitrogen and oxygen atoms in total. The molecule has 0 aliphatic heterocycles. The molecule has 1 aromatic carbocycles. The summed E-state index contributed by atoms with van der Waals surface area (Å²) < 4.78 is 22.5. The quantitative estimate of drug-likeness (QED) is 0.513. The lowest BCUT2D eigenvalue weighted by Crippen LogP contribution is -2.46. The molecule has 24 heavy (non-hydrogen) atoms. The van der Waals surface area contributed by atoms with Crippen LogP contribution in [0, 0.1) is 5.41 Å². The van der Waals surface area contributed by atoms with Crippen LogP contribution in [0.2, 0.25) is 0 Å². The number of benzene rings is 1. The molecule has 0 atom stereocenters. The van der Waals surface area contributed by atoms with Crippen LogP contribution in [0.4, 0.5) is 0 Å². The molecule has 0 saturated heterocycles. The van der Waals surface area contributed by atoms with Gasteiger partial charge < -0.3 is 10.6 Å². The molecule has 7 heteroatoms. The number of sulfonamides is 1. The van der Waals surface area contributed by atoms with Gasteiger partial charge in [0.15, 0.2) is 5.96 Å². The highest BCUT2D eigenvalue weighted by atomic mass is 32.2. The average molecular weight is 353 g/mol. The van der Waals surface area contributed by atoms with Gasteiger partial charge in [-0.25, -0.2) is 13.6 Å². The minimum Gasteiger partial charge on any atom is -0.356 e. The first-order chi connectivity index (χ1) is 11.4. The predicted molar refractivity (Wildman–Crippen MR) is 97.5 cm³/mol. The Hall–Kier alpha value is -1.60. The van der Waals surface area contributed by atoms with Gasteiger partial charge in [-0.15, -0.1) is 0 Å². The number of rotatable bonds is 7. The first kappa shape index (κ1) is 18.7. The van der Waals surface area contributed by atoms with Gasteiger partial charge in [0.2, 0.25) is 10.0 Å². The molecule has 0 heterocycles. The van der Waals surface area contributed by atoms with Crippen LogP contribution in [-0.4, -0.2) is 34.5 Å². The van der Waals surface area contributed by atoms with Crippen LogP contribution >= 0.6 is 0 Å². The Kier molecular flexibility index (Phi) is 6.23. The Bertz CT molecular complexity index is 659. The fourth-order valence-corrected chi connectivity index (χ4v) is 3.51. The molecule has 1 aliphatic carbocycles. The Morgan fingerprint density at radius 3 is 2.38 bits per heavy atom. The van der Waals surface area contributed by atoms with Gasteiger partial charge in [-0.2, -0.15) is 0 Å². The van der Waals surface area contributed by atoms with E-state index < -0.39 is 10.0 Å². The lowest BCUT2D eigenvalue weighted by Gasteiger charge is -2.41. The highest BCUT2D eigenvalue weighted by molar-refractivity contribution is 7.89. The standard InChI is InChI=1S/C17H28N4O2S/c1-3-17(10-4-11-17)13-21-16(19-2)20-12-9-14-5-7-15(8-6-14)24(18,22)23/h5-8H,3-4,9-13H2,1-2H3,(H2,18,22,23)(H2,19,20,21). The molecule has 1 aliphatic rings. The number of nitrogens with one attached hydrogen (secondary N) is 2. The summed E-state index contributed by atoms with van der Waals surface area (Å²) in [4.78, 5) is 4.40. The zero-order valence-corrected chi connectivity index (χ0v) is 15.3. The van der Waals surface area contributed by atoms with Crippen LogP contribution in [0.15, 0.2) is 34.2 Å². The maximum absolute atomic E-state index is 11.2. The van der Waals surface area contributed by atoms with Gasteiger partial charge in [-0.05, 0) is 48.8 Å². The van der Waals surface area contributed by atoms with Gasteiger partial charge in [0.1, 0.15) is 0 Å². The monoisotopic (exact) mass is 352 g/mol. The molecule has 1 saturated carbocycles. The summed E-state index contributed by atoms with van der Waals surface area (Å²) in [6.45, 7) is 3.95. The van der Waals surface area contributed by atoms with Crippen molar-refractivity contribution in [2.45, 2.75) is 43.9 Å². The SMILES string of the molecule is CCC1(CNC(=NC)NCCc2ccc(S(N)(=O)=O)cc2)CCC1. The first-order valence-electron chi connectivity index (χ1n) is 8.45. The number of primary sulfonamides is 1. The predicted octanol–water partition coefficient (Wildman–Crippen LogP) is 1.62. The minimum atomic E-state index is -3.62. The molecule has 1 aromatic rings. The number of aliphatic imine (C=N–C) groups is 1. The Morgan fingerprint density at radius 1 is 1.25 bits per heavy atom. The number of hydrogen-bond acceptors (Lipinski definition) is 3. The smallest absolute Gasteiger partial charge is 0.238 e. The van der Waals surface area contributed by atoms with Crippen molar-refractivity contribution in [2.24, 2.45) is 15.5 Å². The van der Waals surface area contributed by atoms with E-state index in [1.54, 1.807) is 31.3 Å². The molecule has 2 rings (SSSR count). The molecule has 0 amide bonds. The second-order valence-corrected chi connectivity index (χ2v) is 8.06. The first-order valence-corrected chi connectivity index (χ1v) is 9.99. The van der Waals surface area contributed by atoms with Crippen LogP contribution in [-0.2, 0) is 16.4 Å². The summed E-state index contributed by atoms with van der Waals surface area (Å²) >= 11 is 0. The Balaban J connectivity index is 1.77. The molecule has 0 spiro atoms. The van der Waals surface area contributed by atoms with E-state index in [0.29, 0.717) is 5.41 Å². The topological polar surface area (TPSA) is 96.6 Å². The zero-order valence-electron chi connectivity index (χ0n) is 14.5. The van der Waals surface area contributed by atoms with Crippen molar-refractivity contribution in [1.29, 1.82) is 0 Å². The highest BCUT2D eigenvalue weighted by Gasteiger charge is 2.34. The van der Waals surface area contributed by atoms with Gasteiger partial charge in [0.05, 0.1) is 4.90 Å². The highest BCUT2D eigenvalue weighted by Crippen LogP contribution is 2.42. The van der Waals surface area contributed by atoms with E-state index in [1.165, 1.54) is 25.7 Å². The third-order valence-corrected chi connectivity index (χ3v) is 5.91. The van der Waals surface area contributed by atoms with Gasteiger partial charge in [-0.3, -0.25) is 4.99 Å². The number of guanidine groups is 1. The van der Waals surface area contributed by atoms with E-state index in [1.807, 2.05) is 0 Å². The fourth-order valence-electron chi connectivity index (χ4n) is 2.99. The summed E-state index contributed by atoms with van der Waals surface area (Å²) in [5, 5.41) is 11.8. The molecule has 4 N–H and O–H groups in total. The summed E-state index contributed by atoms with van der Waals surface area (Å²) in [6, 6.07) is 6.66. The van der Waals surface area contributed by atoms with Crippen molar-refractivity contribution >= 4 is 16.0 Å². The van der Waals surface area contributed by atoms with Crippen molar-refractivity contribution in [1.82, 2.24) is 10.6 Å². The van der Waals surface area contributed by atoms with Crippen LogP contribution in [0.3, 0.4) is 0 Å². The van der Waals surface area contributed by atoms with E-state index in [4.69, 9.17) is 5.14 Å². The van der Waals surface area contributed by atoms with Crippen LogP contribution in [0.1, 0.15) is 38.2 Å². The molecule has 134 valence electrons. The van der Waals surface area contributed by atoms with Crippen molar-refractivity contribution in [3.8, 4) is 0 Å². The number of nitrogens with zero attached hydrogens (tertiary/aromatic N) is 1. The Morgan fingerprint density at radius 2 is 1.92 bits per heavy atom. The van der Waals surface area contributed by atoms with E-state index in [-0.39, 0.29) is 4.90 Å². The van der Waals surface area contributed by atoms with Crippen molar-refractivity contribution in [3.63, 3.8) is 0 Å². The summed E-state index contributed by atoms with van der Waals surface area (Å²) in [7, 11) is -1.85. The van der Waals surface area contributed by atoms with Gasteiger partial charge in [-0.1, -0.05) is 25.5 Å². The van der Waals surface area contributed by atoms with Crippen molar-refractivity contribution in [2.75, 3.05) is 20.1 Å². The minimum absolute atomic E-state index is 0.141. The van der Waals surface area contributed by atoms with Gasteiger partial charge in [0, 0.05) is 20.1 Å². The molecule has 0 radical (unpaired) electrons. The second-order valence-electron chi connectivity index (χ2n) is 6.50. The molecule has 0 bridgehead atoms. The molecule has 1 fully saturated rings. The van der Waals surface area contributed by atoms with E-state index in [2.05, 4.69) is 22.5 Å². The third kappa shape index (κ3) is 4.95. The number of hydrogen-bond donors (Lipinski definition) is 3. The van der Waals surface area contributed by atoms with Crippen LogP contribution in [0.5, 0.6) is 0 Å². The van der Waals surface area contributed by atoms with Crippen molar-refractivity contribution < 1.29 is 8.42 Å². The normalized spacial score (nSPS) is 17.2. The lowest BCUT2D eigenvalue weighted by molar-refractivity contribution is 0.131. The zero-order chi connectivity index (χ0) is 17.6. The lowest BCUT2D eigenvalue weighted by atomic mass is 9.67. The van der Waals surface area contributed by atoms with Gasteiger partial charge in [0.25, 0.3) is 0 Å². The number of nitrogens with two attached hydrogens (primary N) is 1. The van der Waals surface area contributed by atoms with E-state index >= 15 is 0 Å². The maximum atomic E-state index is 11.2.